The van der Waals surface area contributed by atoms with Crippen molar-refractivity contribution in [2.45, 2.75) is 48.3 Å². The van der Waals surface area contributed by atoms with Crippen LogP contribution in [0.25, 0.3) is 34.4 Å². The van der Waals surface area contributed by atoms with Crippen molar-refractivity contribution in [3.8, 4) is 22.3 Å². The van der Waals surface area contributed by atoms with Crippen molar-refractivity contribution in [3.63, 3.8) is 0 Å². The van der Waals surface area contributed by atoms with Crippen molar-refractivity contribution < 1.29 is 19.2 Å². The lowest BCUT2D eigenvalue weighted by molar-refractivity contribution is -0.128. The molecule has 2 saturated heterocycles. The molecule has 4 aromatic rings. The largest absolute Gasteiger partial charge is 0.397 e. The molecule has 0 atom stereocenters. The van der Waals surface area contributed by atoms with E-state index in [9.17, 15) is 19.2 Å². The molecule has 4 amide bonds. The molecular weight excluding hydrogens is 850 g/mol. The van der Waals surface area contributed by atoms with Crippen LogP contribution in [0.4, 0.5) is 11.4 Å². The smallest absolute Gasteiger partial charge is 0.244 e. The van der Waals surface area contributed by atoms with E-state index in [0.717, 1.165) is 25.9 Å². The third kappa shape index (κ3) is 11.3. The Bertz CT molecular complexity index is 2160. The van der Waals surface area contributed by atoms with Crippen molar-refractivity contribution in [1.82, 2.24) is 20.4 Å². The van der Waals surface area contributed by atoms with Crippen LogP contribution in [-0.4, -0.2) is 72.7 Å². The van der Waals surface area contributed by atoms with E-state index in [1.807, 2.05) is 34.1 Å². The lowest BCUT2D eigenvalue weighted by atomic mass is 9.97. The fourth-order valence-electron chi connectivity index (χ4n) is 7.09. The van der Waals surface area contributed by atoms with Gasteiger partial charge in [0.1, 0.15) is 0 Å². The standard InChI is InChI=1S/C44H44Cl4N6O4S/c45-29-11-13-31(33(47)25-29)41-27(9-17-37(55)51-19-3-23-53-21-1-5-39(53)57)7-15-35(43(41)49)59-36-16-8-28(42(44(36)50)32-14-12-30(46)26-34(32)48)10-18-38(56)52-20-4-24-54-22-2-6-40(54)58/h7-18,25-26H,1-6,19-24,49-50H2,(H,51,55)(H,52,56)/b17-9+,18-10+. The first-order chi connectivity index (χ1) is 28.4. The van der Waals surface area contributed by atoms with Crippen molar-refractivity contribution in [1.29, 1.82) is 0 Å². The monoisotopic (exact) mass is 892 g/mol. The first-order valence-electron chi connectivity index (χ1n) is 19.3. The van der Waals surface area contributed by atoms with Gasteiger partial charge >= 0.3 is 0 Å². The molecule has 0 radical (unpaired) electrons. The van der Waals surface area contributed by atoms with E-state index < -0.39 is 0 Å². The molecule has 2 fully saturated rings. The van der Waals surface area contributed by atoms with Crippen LogP contribution in [0.15, 0.2) is 82.6 Å². The fourth-order valence-corrected chi connectivity index (χ4v) is 9.03. The molecule has 4 aromatic carbocycles. The van der Waals surface area contributed by atoms with Crippen molar-refractivity contribution >= 4 is 105 Å². The van der Waals surface area contributed by atoms with Crippen molar-refractivity contribution in [2.75, 3.05) is 50.7 Å². The predicted octanol–water partition coefficient (Wildman–Crippen LogP) is 9.23. The molecule has 2 aliphatic heterocycles. The van der Waals surface area contributed by atoms with E-state index >= 15 is 0 Å². The SMILES string of the molecule is Nc1c(Sc2ccc(/C=C/C(=O)NCCCN3CCCC3=O)c(-c3ccc(Cl)cc3Cl)c2N)ccc(/C=C/C(=O)NCCCN2CCCC2=O)c1-c1ccc(Cl)cc1Cl. The number of carbonyl (C=O) groups excluding carboxylic acids is 4. The summed E-state index contributed by atoms with van der Waals surface area (Å²) < 4.78 is 0. The van der Waals surface area contributed by atoms with Gasteiger partial charge in [-0.3, -0.25) is 19.2 Å². The lowest BCUT2D eigenvalue weighted by Gasteiger charge is -2.19. The van der Waals surface area contributed by atoms with Crippen molar-refractivity contribution in [3.05, 3.63) is 104 Å². The highest BCUT2D eigenvalue weighted by molar-refractivity contribution is 7.99. The Kier molecular flexibility index (Phi) is 15.3. The summed E-state index contributed by atoms with van der Waals surface area (Å²) in [5.74, 6) is -0.259. The minimum Gasteiger partial charge on any atom is -0.397 e. The van der Waals surface area contributed by atoms with E-state index in [-0.39, 0.29) is 23.6 Å². The Balaban J connectivity index is 1.25. The first-order valence-corrected chi connectivity index (χ1v) is 21.6. The number of hydrogen-bond acceptors (Lipinski definition) is 7. The van der Waals surface area contributed by atoms with Crippen LogP contribution in [0.2, 0.25) is 20.1 Å². The third-order valence-electron chi connectivity index (χ3n) is 10.1. The van der Waals surface area contributed by atoms with Gasteiger partial charge in [0.15, 0.2) is 0 Å². The Morgan fingerprint density at radius 2 is 1.07 bits per heavy atom. The number of halogens is 4. The molecule has 10 nitrogen and oxygen atoms in total. The predicted molar refractivity (Wildman–Crippen MR) is 242 cm³/mol. The highest BCUT2D eigenvalue weighted by Crippen LogP contribution is 2.47. The number of hydrogen-bond donors (Lipinski definition) is 4. The van der Waals surface area contributed by atoms with Gasteiger partial charge in [0.2, 0.25) is 23.6 Å². The second kappa shape index (κ2) is 20.5. The first kappa shape index (κ1) is 43.9. The minimum atomic E-state index is -0.286. The van der Waals surface area contributed by atoms with E-state index in [0.29, 0.717) is 126 Å². The number of amides is 4. The molecule has 6 N–H and O–H groups in total. The molecule has 0 spiro atoms. The van der Waals surface area contributed by atoms with E-state index in [1.54, 1.807) is 48.6 Å². The number of nitrogen functional groups attached to an aromatic ring is 2. The van der Waals surface area contributed by atoms with Crippen LogP contribution < -0.4 is 22.1 Å². The highest BCUT2D eigenvalue weighted by Gasteiger charge is 2.22. The van der Waals surface area contributed by atoms with Crippen LogP contribution in [0, 0.1) is 0 Å². The Morgan fingerprint density at radius 3 is 1.44 bits per heavy atom. The summed E-state index contributed by atoms with van der Waals surface area (Å²) in [7, 11) is 0. The summed E-state index contributed by atoms with van der Waals surface area (Å²) in [6.07, 6.45) is 10.5. The second-order valence-electron chi connectivity index (χ2n) is 14.2. The average Bonchev–Trinajstić information content (AvgIpc) is 3.82. The molecule has 0 unspecified atom stereocenters. The van der Waals surface area contributed by atoms with Gasteiger partial charge < -0.3 is 31.9 Å². The molecule has 0 saturated carbocycles. The maximum absolute atomic E-state index is 12.9. The maximum atomic E-state index is 12.9. The molecule has 59 heavy (non-hydrogen) atoms. The van der Waals surface area contributed by atoms with Crippen LogP contribution >= 0.6 is 58.2 Å². The van der Waals surface area contributed by atoms with Gasteiger partial charge in [0.05, 0.1) is 11.4 Å². The van der Waals surface area contributed by atoms with E-state index in [1.165, 1.54) is 23.9 Å². The fraction of sp³-hybridized carbons (Fsp3) is 0.273. The van der Waals surface area contributed by atoms with Crippen LogP contribution in [-0.2, 0) is 19.2 Å². The number of anilines is 2. The van der Waals surface area contributed by atoms with Crippen LogP contribution in [0.5, 0.6) is 0 Å². The quantitative estimate of drug-likeness (QED) is 0.0498. The summed E-state index contributed by atoms with van der Waals surface area (Å²) in [6.45, 7) is 3.59. The minimum absolute atomic E-state index is 0.157. The topological polar surface area (TPSA) is 151 Å². The molecule has 2 aliphatic rings. The molecular formula is C44H44Cl4N6O4S. The Morgan fingerprint density at radius 1 is 0.644 bits per heavy atom. The number of benzene rings is 4. The van der Waals surface area contributed by atoms with Gasteiger partial charge in [0.25, 0.3) is 0 Å². The number of carbonyl (C=O) groups is 4. The van der Waals surface area contributed by atoms with Crippen LogP contribution in [0.1, 0.15) is 49.7 Å². The van der Waals surface area contributed by atoms with Gasteiger partial charge in [-0.15, -0.1) is 0 Å². The molecule has 0 aromatic heterocycles. The van der Waals surface area contributed by atoms with Gasteiger partial charge in [-0.1, -0.05) is 82.4 Å². The zero-order valence-corrected chi connectivity index (χ0v) is 36.0. The van der Waals surface area contributed by atoms with Crippen molar-refractivity contribution in [2.24, 2.45) is 0 Å². The van der Waals surface area contributed by atoms with Crippen LogP contribution in [0.3, 0.4) is 0 Å². The molecule has 0 aliphatic carbocycles. The van der Waals surface area contributed by atoms with Gasteiger partial charge in [-0.2, -0.15) is 0 Å². The molecule has 15 heteroatoms. The zero-order valence-electron chi connectivity index (χ0n) is 32.2. The summed E-state index contributed by atoms with van der Waals surface area (Å²) in [5, 5.41) is 7.45. The summed E-state index contributed by atoms with van der Waals surface area (Å²) >= 11 is 27.4. The van der Waals surface area contributed by atoms with E-state index in [2.05, 4.69) is 10.6 Å². The number of rotatable bonds is 16. The molecule has 2 heterocycles. The highest BCUT2D eigenvalue weighted by atomic mass is 35.5. The van der Waals surface area contributed by atoms with Gasteiger partial charge in [-0.25, -0.2) is 0 Å². The molecule has 308 valence electrons. The normalized spacial score (nSPS) is 14.3. The number of likely N-dealkylation sites (tertiary alicyclic amines) is 2. The zero-order chi connectivity index (χ0) is 42.1. The number of nitrogens with two attached hydrogens (primary N) is 2. The van der Waals surface area contributed by atoms with Gasteiger partial charge in [0, 0.05) is 116 Å². The van der Waals surface area contributed by atoms with Gasteiger partial charge in [-0.05, 0) is 85.4 Å². The lowest BCUT2D eigenvalue weighted by Crippen LogP contribution is -2.29. The van der Waals surface area contributed by atoms with E-state index in [4.69, 9.17) is 57.9 Å². The Hall–Kier alpha value is -4.65. The summed E-state index contributed by atoms with van der Waals surface area (Å²) in [6, 6.07) is 17.7. The number of nitrogens with one attached hydrogen (secondary N) is 2. The Labute approximate surface area is 368 Å². The second-order valence-corrected chi connectivity index (χ2v) is 16.9. The molecule has 6 rings (SSSR count). The summed E-state index contributed by atoms with van der Waals surface area (Å²) in [4.78, 5) is 54.5. The number of nitrogens with zero attached hydrogens (tertiary/aromatic N) is 2. The summed E-state index contributed by atoms with van der Waals surface area (Å²) in [5.41, 5.74) is 18.5. The molecule has 0 bridgehead atoms. The maximum Gasteiger partial charge on any atom is 0.244 e. The third-order valence-corrected chi connectivity index (χ3v) is 12.3. The average molecular weight is 895 g/mol.